The SMILES string of the molecule is Cc1cc(N2CCCC2)ccc1NC(=O)COC(=O)CSc1nc2ccccc2o1. The molecule has 0 atom stereocenters. The first kappa shape index (κ1) is 20.3. The molecule has 1 fully saturated rings. The van der Waals surface area contributed by atoms with Crippen LogP contribution in [0.5, 0.6) is 0 Å². The van der Waals surface area contributed by atoms with Gasteiger partial charge in [-0.3, -0.25) is 9.59 Å². The van der Waals surface area contributed by atoms with E-state index in [1.165, 1.54) is 18.5 Å². The molecule has 1 saturated heterocycles. The molecule has 0 radical (unpaired) electrons. The highest BCUT2D eigenvalue weighted by Crippen LogP contribution is 2.26. The van der Waals surface area contributed by atoms with Gasteiger partial charge >= 0.3 is 5.97 Å². The van der Waals surface area contributed by atoms with E-state index < -0.39 is 5.97 Å². The van der Waals surface area contributed by atoms with Gasteiger partial charge in [-0.05, 0) is 55.7 Å². The van der Waals surface area contributed by atoms with Crippen molar-refractivity contribution >= 4 is 46.1 Å². The lowest BCUT2D eigenvalue weighted by atomic mass is 10.1. The average Bonchev–Trinajstić information content (AvgIpc) is 3.42. The Labute approximate surface area is 178 Å². The largest absolute Gasteiger partial charge is 0.455 e. The van der Waals surface area contributed by atoms with Crippen LogP contribution in [0.3, 0.4) is 0 Å². The van der Waals surface area contributed by atoms with Crippen LogP contribution in [0.15, 0.2) is 52.1 Å². The van der Waals surface area contributed by atoms with Crippen molar-refractivity contribution in [1.82, 2.24) is 4.98 Å². The van der Waals surface area contributed by atoms with Gasteiger partial charge in [0.25, 0.3) is 11.1 Å². The number of fused-ring (bicyclic) bond motifs is 1. The number of nitrogens with one attached hydrogen (secondary N) is 1. The fourth-order valence-electron chi connectivity index (χ4n) is 3.37. The zero-order valence-electron chi connectivity index (χ0n) is 16.7. The van der Waals surface area contributed by atoms with Crippen LogP contribution in [0.4, 0.5) is 11.4 Å². The van der Waals surface area contributed by atoms with Gasteiger partial charge in [0.1, 0.15) is 11.3 Å². The molecule has 1 aromatic heterocycles. The maximum Gasteiger partial charge on any atom is 0.316 e. The van der Waals surface area contributed by atoms with Crippen LogP contribution in [-0.2, 0) is 14.3 Å². The number of hydrogen-bond acceptors (Lipinski definition) is 7. The van der Waals surface area contributed by atoms with Crippen LogP contribution in [0.1, 0.15) is 18.4 Å². The molecular formula is C22H23N3O4S. The molecule has 1 amide bonds. The molecular weight excluding hydrogens is 402 g/mol. The Morgan fingerprint density at radius 3 is 2.77 bits per heavy atom. The summed E-state index contributed by atoms with van der Waals surface area (Å²) in [6.07, 6.45) is 2.43. The van der Waals surface area contributed by atoms with E-state index in [1.54, 1.807) is 0 Å². The minimum absolute atomic E-state index is 0.0175. The van der Waals surface area contributed by atoms with Gasteiger partial charge in [0, 0.05) is 24.5 Å². The van der Waals surface area contributed by atoms with Crippen molar-refractivity contribution in [2.45, 2.75) is 25.0 Å². The quantitative estimate of drug-likeness (QED) is 0.452. The van der Waals surface area contributed by atoms with Gasteiger partial charge < -0.3 is 19.4 Å². The molecule has 3 aromatic rings. The molecule has 2 aromatic carbocycles. The summed E-state index contributed by atoms with van der Waals surface area (Å²) in [5, 5.41) is 3.20. The second-order valence-corrected chi connectivity index (χ2v) is 8.07. The van der Waals surface area contributed by atoms with Crippen LogP contribution in [0.25, 0.3) is 11.1 Å². The van der Waals surface area contributed by atoms with Crippen molar-refractivity contribution in [3.05, 3.63) is 48.0 Å². The van der Waals surface area contributed by atoms with Crippen molar-refractivity contribution in [3.8, 4) is 0 Å². The van der Waals surface area contributed by atoms with Crippen molar-refractivity contribution in [1.29, 1.82) is 0 Å². The molecule has 0 unspecified atom stereocenters. The Hall–Kier alpha value is -3.00. The molecule has 1 N–H and O–H groups in total. The van der Waals surface area contributed by atoms with E-state index in [0.717, 1.165) is 41.6 Å². The topological polar surface area (TPSA) is 84.7 Å². The molecule has 2 heterocycles. The Balaban J connectivity index is 1.23. The van der Waals surface area contributed by atoms with Gasteiger partial charge in [0.15, 0.2) is 12.2 Å². The van der Waals surface area contributed by atoms with E-state index in [4.69, 9.17) is 9.15 Å². The lowest BCUT2D eigenvalue weighted by Gasteiger charge is -2.19. The van der Waals surface area contributed by atoms with Crippen LogP contribution >= 0.6 is 11.8 Å². The second-order valence-electron chi connectivity index (χ2n) is 7.14. The molecule has 7 nitrogen and oxygen atoms in total. The molecule has 4 rings (SSSR count). The summed E-state index contributed by atoms with van der Waals surface area (Å²) in [6.45, 7) is 3.77. The Kier molecular flexibility index (Phi) is 6.23. The number of esters is 1. The highest BCUT2D eigenvalue weighted by atomic mass is 32.2. The number of hydrogen-bond donors (Lipinski definition) is 1. The molecule has 1 aliphatic heterocycles. The number of carbonyl (C=O) groups is 2. The standard InChI is InChI=1S/C22H23N3O4S/c1-15-12-16(25-10-4-5-11-25)8-9-17(15)23-20(26)13-28-21(27)14-30-22-24-18-6-2-3-7-19(18)29-22/h2-3,6-9,12H,4-5,10-11,13-14H2,1H3,(H,23,26). The van der Waals surface area contributed by atoms with Gasteiger partial charge in [-0.1, -0.05) is 23.9 Å². The molecule has 0 bridgehead atoms. The molecule has 0 saturated carbocycles. The third-order valence-corrected chi connectivity index (χ3v) is 5.71. The van der Waals surface area contributed by atoms with Crippen LogP contribution in [0.2, 0.25) is 0 Å². The van der Waals surface area contributed by atoms with Crippen molar-refractivity contribution in [3.63, 3.8) is 0 Å². The predicted octanol–water partition coefficient (Wildman–Crippen LogP) is 4.01. The van der Waals surface area contributed by atoms with E-state index in [1.807, 2.05) is 43.3 Å². The first-order valence-corrected chi connectivity index (χ1v) is 10.9. The van der Waals surface area contributed by atoms with Crippen molar-refractivity contribution < 1.29 is 18.7 Å². The Morgan fingerprint density at radius 2 is 2.00 bits per heavy atom. The fraction of sp³-hybridized carbons (Fsp3) is 0.318. The van der Waals surface area contributed by atoms with Crippen LogP contribution in [-0.4, -0.2) is 42.3 Å². The number of nitrogens with zero attached hydrogens (tertiary/aromatic N) is 2. The number of benzene rings is 2. The Morgan fingerprint density at radius 1 is 1.20 bits per heavy atom. The molecule has 1 aliphatic rings. The predicted molar refractivity (Wildman–Crippen MR) is 117 cm³/mol. The number of aryl methyl sites for hydroxylation is 1. The number of ether oxygens (including phenoxy) is 1. The minimum Gasteiger partial charge on any atom is -0.455 e. The number of para-hydroxylation sites is 2. The maximum absolute atomic E-state index is 12.2. The average molecular weight is 426 g/mol. The minimum atomic E-state index is -0.501. The smallest absolute Gasteiger partial charge is 0.316 e. The lowest BCUT2D eigenvalue weighted by molar-refractivity contribution is -0.144. The third-order valence-electron chi connectivity index (χ3n) is 4.91. The zero-order valence-corrected chi connectivity index (χ0v) is 17.5. The summed E-state index contributed by atoms with van der Waals surface area (Å²) in [7, 11) is 0. The summed E-state index contributed by atoms with van der Waals surface area (Å²) in [5.41, 5.74) is 4.27. The number of oxazole rings is 1. The van der Waals surface area contributed by atoms with E-state index in [2.05, 4.69) is 21.3 Å². The first-order chi connectivity index (χ1) is 14.6. The summed E-state index contributed by atoms with van der Waals surface area (Å²) < 4.78 is 10.6. The normalized spacial score (nSPS) is 13.6. The molecule has 8 heteroatoms. The van der Waals surface area contributed by atoms with Gasteiger partial charge in [-0.2, -0.15) is 0 Å². The highest BCUT2D eigenvalue weighted by molar-refractivity contribution is 7.99. The van der Waals surface area contributed by atoms with E-state index >= 15 is 0 Å². The van der Waals surface area contributed by atoms with E-state index in [0.29, 0.717) is 10.8 Å². The summed E-state index contributed by atoms with van der Waals surface area (Å²) >= 11 is 1.14. The fourth-order valence-corrected chi connectivity index (χ4v) is 4.00. The van der Waals surface area contributed by atoms with Gasteiger partial charge in [-0.25, -0.2) is 4.98 Å². The number of amides is 1. The monoisotopic (exact) mass is 425 g/mol. The summed E-state index contributed by atoms with van der Waals surface area (Å²) in [5.74, 6) is -0.852. The summed E-state index contributed by atoms with van der Waals surface area (Å²) in [6, 6.07) is 13.4. The second kappa shape index (κ2) is 9.21. The highest BCUT2D eigenvalue weighted by Gasteiger charge is 2.15. The van der Waals surface area contributed by atoms with E-state index in [-0.39, 0.29) is 18.3 Å². The summed E-state index contributed by atoms with van der Waals surface area (Å²) in [4.78, 5) is 30.7. The molecule has 0 aliphatic carbocycles. The molecule has 156 valence electrons. The number of carbonyl (C=O) groups excluding carboxylic acids is 2. The van der Waals surface area contributed by atoms with Gasteiger partial charge in [0.05, 0.1) is 0 Å². The maximum atomic E-state index is 12.2. The molecule has 30 heavy (non-hydrogen) atoms. The van der Waals surface area contributed by atoms with Crippen molar-refractivity contribution in [2.24, 2.45) is 0 Å². The number of anilines is 2. The zero-order chi connectivity index (χ0) is 20.9. The van der Waals surface area contributed by atoms with Crippen LogP contribution < -0.4 is 10.2 Å². The van der Waals surface area contributed by atoms with Crippen molar-refractivity contribution in [2.75, 3.05) is 35.7 Å². The number of aromatic nitrogens is 1. The van der Waals surface area contributed by atoms with Gasteiger partial charge in [0.2, 0.25) is 0 Å². The third kappa shape index (κ3) is 4.94. The number of thioether (sulfide) groups is 1. The number of rotatable bonds is 7. The molecule has 0 spiro atoms. The first-order valence-electron chi connectivity index (χ1n) is 9.88. The van der Waals surface area contributed by atoms with Gasteiger partial charge in [-0.15, -0.1) is 0 Å². The lowest BCUT2D eigenvalue weighted by Crippen LogP contribution is -2.22. The van der Waals surface area contributed by atoms with E-state index in [9.17, 15) is 9.59 Å². The van der Waals surface area contributed by atoms with Crippen LogP contribution in [0, 0.1) is 6.92 Å². The Bertz CT molecular complexity index is 1030.